The maximum Gasteiger partial charge on any atom is 0.131 e. The van der Waals surface area contributed by atoms with Crippen LogP contribution >= 0.6 is 35.0 Å². The van der Waals surface area contributed by atoms with Gasteiger partial charge in [-0.2, -0.15) is 0 Å². The maximum atomic E-state index is 10.1. The number of carbonyl (C=O) groups excluding carboxylic acids is 1. The van der Waals surface area contributed by atoms with Crippen LogP contribution in [0.2, 0.25) is 10.3 Å². The summed E-state index contributed by atoms with van der Waals surface area (Å²) < 4.78 is 0. The van der Waals surface area contributed by atoms with Crippen molar-refractivity contribution in [3.05, 3.63) is 22.4 Å². The number of aromatic nitrogens is 1. The quantitative estimate of drug-likeness (QED) is 0.586. The molecule has 0 bridgehead atoms. The van der Waals surface area contributed by atoms with Crippen LogP contribution in [0.15, 0.2) is 17.0 Å². The van der Waals surface area contributed by atoms with Crippen molar-refractivity contribution in [3.8, 4) is 0 Å². The van der Waals surface area contributed by atoms with Crippen LogP contribution in [0.25, 0.3) is 0 Å². The molecule has 3 nitrogen and oxygen atoms in total. The molecule has 0 saturated carbocycles. The average molecular weight is 237 g/mol. The van der Waals surface area contributed by atoms with Crippen molar-refractivity contribution < 1.29 is 9.90 Å². The third-order valence-electron chi connectivity index (χ3n) is 1.09. The summed E-state index contributed by atoms with van der Waals surface area (Å²) in [5.41, 5.74) is 0. The van der Waals surface area contributed by atoms with Gasteiger partial charge in [0.15, 0.2) is 0 Å². The summed E-state index contributed by atoms with van der Waals surface area (Å²) >= 11 is 12.3. The number of carboxylic acids is 1. The molecule has 0 spiro atoms. The Kier molecular flexibility index (Phi) is 3.84. The third-order valence-corrected chi connectivity index (χ3v) is 2.43. The van der Waals surface area contributed by atoms with Crippen LogP contribution in [0.1, 0.15) is 0 Å². The predicted molar refractivity (Wildman–Crippen MR) is 50.0 cm³/mol. The van der Waals surface area contributed by atoms with Crippen molar-refractivity contribution >= 4 is 40.9 Å². The van der Waals surface area contributed by atoms with Crippen molar-refractivity contribution in [1.82, 2.24) is 4.98 Å². The normalized spacial score (nSPS) is 10.0. The second kappa shape index (κ2) is 4.69. The summed E-state index contributed by atoms with van der Waals surface area (Å²) in [5.74, 6) is -1.26. The van der Waals surface area contributed by atoms with E-state index in [2.05, 4.69) is 4.98 Å². The molecule has 0 N–H and O–H groups in total. The van der Waals surface area contributed by atoms with Gasteiger partial charge in [-0.25, -0.2) is 4.98 Å². The molecule has 0 amide bonds. The van der Waals surface area contributed by atoms with Gasteiger partial charge in [0.05, 0.1) is 5.97 Å². The van der Waals surface area contributed by atoms with Crippen molar-refractivity contribution in [1.29, 1.82) is 0 Å². The first-order valence-electron chi connectivity index (χ1n) is 3.23. The third kappa shape index (κ3) is 3.85. The number of halogens is 2. The molecule has 0 atom stereocenters. The van der Waals surface area contributed by atoms with Gasteiger partial charge in [0.1, 0.15) is 10.3 Å². The highest BCUT2D eigenvalue weighted by Crippen LogP contribution is 2.23. The smallest absolute Gasteiger partial charge is 0.131 e. The fraction of sp³-hybridized carbons (Fsp3) is 0.143. The van der Waals surface area contributed by atoms with Gasteiger partial charge in [0.25, 0.3) is 0 Å². The highest BCUT2D eigenvalue weighted by molar-refractivity contribution is 8.00. The lowest BCUT2D eigenvalue weighted by atomic mass is 10.5. The molecule has 1 aromatic rings. The Labute approximate surface area is 89.1 Å². The van der Waals surface area contributed by atoms with Crippen LogP contribution in [0.3, 0.4) is 0 Å². The van der Waals surface area contributed by atoms with Crippen LogP contribution in [0.5, 0.6) is 0 Å². The topological polar surface area (TPSA) is 53.0 Å². The molecular weight excluding hydrogens is 233 g/mol. The Morgan fingerprint density at radius 3 is 2.46 bits per heavy atom. The van der Waals surface area contributed by atoms with Crippen LogP contribution in [0.4, 0.5) is 0 Å². The van der Waals surface area contributed by atoms with Crippen LogP contribution < -0.4 is 5.11 Å². The summed E-state index contributed by atoms with van der Waals surface area (Å²) in [7, 11) is 0. The number of rotatable bonds is 3. The highest BCUT2D eigenvalue weighted by atomic mass is 35.5. The van der Waals surface area contributed by atoms with Crippen molar-refractivity contribution in [2.24, 2.45) is 0 Å². The van der Waals surface area contributed by atoms with E-state index >= 15 is 0 Å². The molecular formula is C7H4Cl2NO2S-. The van der Waals surface area contributed by atoms with Gasteiger partial charge in [-0.1, -0.05) is 23.2 Å². The van der Waals surface area contributed by atoms with E-state index in [1.54, 1.807) is 12.1 Å². The number of carbonyl (C=O) groups is 1. The first-order valence-corrected chi connectivity index (χ1v) is 4.98. The van der Waals surface area contributed by atoms with E-state index in [-0.39, 0.29) is 16.1 Å². The zero-order chi connectivity index (χ0) is 9.84. The molecule has 0 aliphatic rings. The molecule has 0 fully saturated rings. The molecule has 0 aliphatic heterocycles. The second-order valence-corrected chi connectivity index (χ2v) is 3.93. The lowest BCUT2D eigenvalue weighted by Gasteiger charge is -2.02. The monoisotopic (exact) mass is 236 g/mol. The lowest BCUT2D eigenvalue weighted by Crippen LogP contribution is -2.24. The van der Waals surface area contributed by atoms with Crippen LogP contribution in [0, 0.1) is 0 Å². The maximum absolute atomic E-state index is 10.1. The van der Waals surface area contributed by atoms with Gasteiger partial charge in [0, 0.05) is 10.6 Å². The molecule has 13 heavy (non-hydrogen) atoms. The number of aliphatic carboxylic acids is 1. The van der Waals surface area contributed by atoms with E-state index in [9.17, 15) is 9.90 Å². The standard InChI is InChI=1S/C7H5Cl2NO2S/c8-5-1-4(2-6(9)10-5)13-3-7(11)12/h1-2H,3H2,(H,11,12)/p-1. The van der Waals surface area contributed by atoms with Crippen molar-refractivity contribution in [2.45, 2.75) is 4.90 Å². The Morgan fingerprint density at radius 2 is 2.00 bits per heavy atom. The highest BCUT2D eigenvalue weighted by Gasteiger charge is 1.99. The Balaban J connectivity index is 2.71. The summed E-state index contributed by atoms with van der Waals surface area (Å²) in [5, 5.41) is 10.6. The molecule has 0 radical (unpaired) electrons. The number of thioether (sulfide) groups is 1. The molecule has 1 rings (SSSR count). The number of hydrogen-bond acceptors (Lipinski definition) is 4. The molecule has 1 aromatic heterocycles. The minimum atomic E-state index is -1.13. The average Bonchev–Trinajstić information content (AvgIpc) is 1.99. The fourth-order valence-corrected chi connectivity index (χ4v) is 1.93. The molecule has 1 heterocycles. The van der Waals surface area contributed by atoms with E-state index in [4.69, 9.17) is 23.2 Å². The first-order chi connectivity index (χ1) is 6.08. The van der Waals surface area contributed by atoms with E-state index in [1.807, 2.05) is 0 Å². The van der Waals surface area contributed by atoms with Gasteiger partial charge in [-0.3, -0.25) is 0 Å². The summed E-state index contributed by atoms with van der Waals surface area (Å²) in [6.07, 6.45) is 0. The van der Waals surface area contributed by atoms with Gasteiger partial charge >= 0.3 is 0 Å². The van der Waals surface area contributed by atoms with E-state index in [0.717, 1.165) is 11.8 Å². The number of nitrogens with zero attached hydrogens (tertiary/aromatic N) is 1. The number of pyridine rings is 1. The Bertz CT molecular complexity index is 312. The van der Waals surface area contributed by atoms with E-state index in [0.29, 0.717) is 4.90 Å². The molecule has 6 heteroatoms. The molecule has 0 saturated heterocycles. The lowest BCUT2D eigenvalue weighted by molar-refractivity contribution is -0.301. The van der Waals surface area contributed by atoms with Crippen LogP contribution in [-0.4, -0.2) is 16.7 Å². The molecule has 0 unspecified atom stereocenters. The summed E-state index contributed by atoms with van der Waals surface area (Å²) in [6, 6.07) is 3.09. The minimum Gasteiger partial charge on any atom is -0.549 e. The summed E-state index contributed by atoms with van der Waals surface area (Å²) in [4.78, 5) is 14.5. The fourth-order valence-electron chi connectivity index (χ4n) is 0.669. The minimum absolute atomic E-state index is 0.128. The second-order valence-electron chi connectivity index (χ2n) is 2.11. The molecule has 70 valence electrons. The van der Waals surface area contributed by atoms with Gasteiger partial charge in [-0.05, 0) is 12.1 Å². The molecule has 0 aromatic carbocycles. The number of carboxylic acid groups (broad SMARTS) is 1. The molecule has 0 aliphatic carbocycles. The summed E-state index contributed by atoms with van der Waals surface area (Å²) in [6.45, 7) is 0. The predicted octanol–water partition coefficient (Wildman–Crippen LogP) is 1.23. The Hall–Kier alpha value is -0.450. The largest absolute Gasteiger partial charge is 0.549 e. The SMILES string of the molecule is O=C([O-])CSc1cc(Cl)nc(Cl)c1. The van der Waals surface area contributed by atoms with Gasteiger partial charge in [0.2, 0.25) is 0 Å². The van der Waals surface area contributed by atoms with Crippen molar-refractivity contribution in [2.75, 3.05) is 5.75 Å². The number of hydrogen-bond donors (Lipinski definition) is 0. The van der Waals surface area contributed by atoms with E-state index < -0.39 is 5.97 Å². The van der Waals surface area contributed by atoms with Crippen molar-refractivity contribution in [3.63, 3.8) is 0 Å². The zero-order valence-corrected chi connectivity index (χ0v) is 8.62. The van der Waals surface area contributed by atoms with Crippen LogP contribution in [-0.2, 0) is 4.79 Å². The first kappa shape index (κ1) is 10.6. The Morgan fingerprint density at radius 1 is 1.46 bits per heavy atom. The van der Waals surface area contributed by atoms with E-state index in [1.165, 1.54) is 0 Å². The van der Waals surface area contributed by atoms with Gasteiger partial charge in [-0.15, -0.1) is 11.8 Å². The van der Waals surface area contributed by atoms with Gasteiger partial charge < -0.3 is 9.90 Å². The zero-order valence-electron chi connectivity index (χ0n) is 6.29.